The van der Waals surface area contributed by atoms with E-state index in [1.807, 2.05) is 6.92 Å². The smallest absolute Gasteiger partial charge is 0.303 e. The number of ketones is 1. The van der Waals surface area contributed by atoms with Crippen molar-refractivity contribution in [1.29, 1.82) is 0 Å². The Kier molecular flexibility index (Phi) is 11.0. The molecule has 0 saturated carbocycles. The van der Waals surface area contributed by atoms with Crippen molar-refractivity contribution < 1.29 is 14.3 Å². The van der Waals surface area contributed by atoms with E-state index >= 15 is 0 Å². The number of carbonyl (C=O) groups is 2. The number of hydrogen-bond donors (Lipinski definition) is 0. The van der Waals surface area contributed by atoms with Gasteiger partial charge in [0.15, 0.2) is 5.78 Å². The van der Waals surface area contributed by atoms with Gasteiger partial charge in [-0.15, -0.1) is 0 Å². The molecule has 0 amide bonds. The number of esters is 1. The van der Waals surface area contributed by atoms with Crippen LogP contribution in [0, 0.1) is 11.8 Å². The Morgan fingerprint density at radius 2 is 1.52 bits per heavy atom. The minimum atomic E-state index is -0.671. The van der Waals surface area contributed by atoms with Crippen LogP contribution in [0.25, 0.3) is 0 Å². The lowest BCUT2D eigenvalue weighted by atomic mass is 9.78. The van der Waals surface area contributed by atoms with Crippen LogP contribution >= 0.6 is 23.2 Å². The van der Waals surface area contributed by atoms with Crippen LogP contribution in [0.2, 0.25) is 0 Å². The number of carbonyl (C=O) groups excluding carboxylic acids is 2. The Morgan fingerprint density at radius 3 is 2.07 bits per heavy atom. The molecule has 3 unspecified atom stereocenters. The Hall–Kier alpha value is -1.32. The van der Waals surface area contributed by atoms with Crippen molar-refractivity contribution in [2.75, 3.05) is 0 Å². The van der Waals surface area contributed by atoms with Crippen molar-refractivity contribution in [3.05, 3.63) is 45.0 Å². The molecule has 0 aromatic carbocycles. The Morgan fingerprint density at radius 1 is 0.966 bits per heavy atom. The summed E-state index contributed by atoms with van der Waals surface area (Å²) in [4.78, 5) is 23.8. The lowest BCUT2D eigenvalue weighted by Crippen LogP contribution is -2.39. The topological polar surface area (TPSA) is 43.4 Å². The molecule has 0 saturated heterocycles. The molecule has 1 aliphatic rings. The van der Waals surface area contributed by atoms with Gasteiger partial charge in [-0.25, -0.2) is 0 Å². The summed E-state index contributed by atoms with van der Waals surface area (Å²) in [7, 11) is 0. The molecule has 0 aromatic rings. The van der Waals surface area contributed by atoms with Crippen LogP contribution in [-0.4, -0.2) is 17.9 Å². The largest absolute Gasteiger partial charge is 0.456 e. The molecular formula is C24H34Cl2O3. The molecule has 0 bridgehead atoms. The van der Waals surface area contributed by atoms with Crippen LogP contribution in [0.5, 0.6) is 0 Å². The van der Waals surface area contributed by atoms with Gasteiger partial charge in [-0.05, 0) is 59.8 Å². The van der Waals surface area contributed by atoms with E-state index < -0.39 is 12.1 Å². The summed E-state index contributed by atoms with van der Waals surface area (Å²) in [6.07, 6.45) is 10.7. The summed E-state index contributed by atoms with van der Waals surface area (Å²) in [5.41, 5.74) is 4.01. The number of allylic oxidation sites excluding steroid dienone is 7. The molecular weight excluding hydrogens is 407 g/mol. The van der Waals surface area contributed by atoms with E-state index in [4.69, 9.17) is 27.9 Å². The lowest BCUT2D eigenvalue weighted by molar-refractivity contribution is -0.149. The van der Waals surface area contributed by atoms with Crippen molar-refractivity contribution >= 4 is 35.0 Å². The molecule has 162 valence electrons. The maximum absolute atomic E-state index is 12.4. The third-order valence-electron chi connectivity index (χ3n) is 5.27. The van der Waals surface area contributed by atoms with E-state index in [0.29, 0.717) is 6.42 Å². The maximum atomic E-state index is 12.4. The van der Waals surface area contributed by atoms with Gasteiger partial charge in [-0.3, -0.25) is 9.59 Å². The zero-order chi connectivity index (χ0) is 22.1. The van der Waals surface area contributed by atoms with Gasteiger partial charge >= 0.3 is 5.97 Å². The van der Waals surface area contributed by atoms with Crippen molar-refractivity contribution in [3.8, 4) is 0 Å². The van der Waals surface area contributed by atoms with Gasteiger partial charge in [0.05, 0.1) is 5.03 Å². The molecule has 5 heteroatoms. The summed E-state index contributed by atoms with van der Waals surface area (Å²) < 4.78 is 5.40. The van der Waals surface area contributed by atoms with Crippen LogP contribution in [0.15, 0.2) is 45.0 Å². The highest BCUT2D eigenvalue weighted by Gasteiger charge is 2.41. The molecule has 1 aliphatic carbocycles. The molecule has 0 fully saturated rings. The highest BCUT2D eigenvalue weighted by atomic mass is 35.5. The van der Waals surface area contributed by atoms with Crippen LogP contribution < -0.4 is 0 Å². The highest BCUT2D eigenvalue weighted by Crippen LogP contribution is 2.39. The average Bonchev–Trinajstić information content (AvgIpc) is 2.63. The Balaban J connectivity index is 2.72. The van der Waals surface area contributed by atoms with Gasteiger partial charge in [0.1, 0.15) is 11.1 Å². The molecule has 1 rings (SSSR count). The molecule has 29 heavy (non-hydrogen) atoms. The molecule has 0 N–H and O–H groups in total. The fourth-order valence-electron chi connectivity index (χ4n) is 3.41. The van der Waals surface area contributed by atoms with Gasteiger partial charge in [0, 0.05) is 18.8 Å². The second-order valence-electron chi connectivity index (χ2n) is 8.20. The number of ether oxygens (including phenoxy) is 1. The zero-order valence-corrected chi connectivity index (χ0v) is 20.0. The summed E-state index contributed by atoms with van der Waals surface area (Å²) >= 11 is 12.3. The Labute approximate surface area is 185 Å². The SMILES string of the molecule is CC(=O)OC1C(Cl)=C(Cl)C(=O)C(C)C1C/C=C(\C)CC/C=C(\C)CCC=C(C)C. The molecule has 3 atom stereocenters. The summed E-state index contributed by atoms with van der Waals surface area (Å²) in [6.45, 7) is 11.7. The van der Waals surface area contributed by atoms with Gasteiger partial charge < -0.3 is 4.74 Å². The monoisotopic (exact) mass is 440 g/mol. The van der Waals surface area contributed by atoms with E-state index in [1.54, 1.807) is 0 Å². The maximum Gasteiger partial charge on any atom is 0.303 e. The second kappa shape index (κ2) is 12.4. The van der Waals surface area contributed by atoms with Crippen molar-refractivity contribution in [1.82, 2.24) is 0 Å². The Bertz CT molecular complexity index is 724. The predicted molar refractivity (Wildman–Crippen MR) is 122 cm³/mol. The summed E-state index contributed by atoms with van der Waals surface area (Å²) in [5, 5.41) is 0.118. The minimum Gasteiger partial charge on any atom is -0.456 e. The predicted octanol–water partition coefficient (Wildman–Crippen LogP) is 7.25. The molecule has 3 nitrogen and oxygen atoms in total. The van der Waals surface area contributed by atoms with Crippen LogP contribution in [0.3, 0.4) is 0 Å². The van der Waals surface area contributed by atoms with E-state index in [9.17, 15) is 9.59 Å². The third-order valence-corrected chi connectivity index (χ3v) is 6.17. The minimum absolute atomic E-state index is 0.0175. The number of hydrogen-bond acceptors (Lipinski definition) is 3. The van der Waals surface area contributed by atoms with Crippen molar-refractivity contribution in [3.63, 3.8) is 0 Å². The lowest BCUT2D eigenvalue weighted by Gasteiger charge is -2.34. The molecule has 0 spiro atoms. The number of halogens is 2. The quantitative estimate of drug-likeness (QED) is 0.280. The highest BCUT2D eigenvalue weighted by molar-refractivity contribution is 6.49. The standard InChI is InChI=1S/C24H34Cl2O3/c1-15(2)9-7-10-16(3)11-8-12-17(4)13-14-20-18(5)23(28)21(25)22(26)24(20)29-19(6)27/h9,11,13,18,20,24H,7-8,10,12,14H2,1-6H3/b16-11+,17-13+. The van der Waals surface area contributed by atoms with Gasteiger partial charge in [0.2, 0.25) is 0 Å². The van der Waals surface area contributed by atoms with Crippen LogP contribution in [0.4, 0.5) is 0 Å². The summed E-state index contributed by atoms with van der Waals surface area (Å²) in [5.74, 6) is -1.18. The first-order chi connectivity index (χ1) is 13.5. The fourth-order valence-corrected chi connectivity index (χ4v) is 3.99. The summed E-state index contributed by atoms with van der Waals surface area (Å²) in [6, 6.07) is 0. The van der Waals surface area contributed by atoms with E-state index in [-0.39, 0.29) is 27.7 Å². The number of rotatable bonds is 9. The zero-order valence-electron chi connectivity index (χ0n) is 18.5. The second-order valence-corrected chi connectivity index (χ2v) is 8.99. The number of Topliss-reactive ketones (excluding diaryl/α,β-unsaturated/α-hetero) is 1. The van der Waals surface area contributed by atoms with Crippen LogP contribution in [-0.2, 0) is 14.3 Å². The molecule has 0 aliphatic heterocycles. The van der Waals surface area contributed by atoms with Gasteiger partial charge in [-0.2, -0.15) is 0 Å². The average molecular weight is 441 g/mol. The van der Waals surface area contributed by atoms with Crippen molar-refractivity contribution in [2.45, 2.75) is 79.8 Å². The van der Waals surface area contributed by atoms with E-state index in [1.165, 1.54) is 23.6 Å². The fraction of sp³-hybridized carbons (Fsp3) is 0.583. The van der Waals surface area contributed by atoms with E-state index in [2.05, 4.69) is 45.9 Å². The molecule has 0 heterocycles. The third kappa shape index (κ3) is 8.52. The van der Waals surface area contributed by atoms with E-state index in [0.717, 1.165) is 25.7 Å². The first kappa shape index (κ1) is 25.7. The van der Waals surface area contributed by atoms with Crippen LogP contribution in [0.1, 0.15) is 73.6 Å². The van der Waals surface area contributed by atoms with Gasteiger partial charge in [-0.1, -0.05) is 65.1 Å². The molecule has 0 aromatic heterocycles. The first-order valence-electron chi connectivity index (χ1n) is 10.3. The molecule has 0 radical (unpaired) electrons. The van der Waals surface area contributed by atoms with Crippen molar-refractivity contribution in [2.24, 2.45) is 11.8 Å². The van der Waals surface area contributed by atoms with Gasteiger partial charge in [0.25, 0.3) is 0 Å². The normalized spacial score (nSPS) is 23.3. The first-order valence-corrected chi connectivity index (χ1v) is 11.0.